The van der Waals surface area contributed by atoms with Crippen LogP contribution in [0.5, 0.6) is 5.75 Å². The van der Waals surface area contributed by atoms with Crippen LogP contribution in [0.15, 0.2) is 48.5 Å². The summed E-state index contributed by atoms with van der Waals surface area (Å²) in [5.74, 6) is -0.660. The molecule has 0 spiro atoms. The number of carbonyl (C=O) groups is 2. The summed E-state index contributed by atoms with van der Waals surface area (Å²) in [6.45, 7) is 1.82. The molecule has 2 amide bonds. The van der Waals surface area contributed by atoms with Crippen LogP contribution in [0.3, 0.4) is 0 Å². The number of anilines is 2. The van der Waals surface area contributed by atoms with Crippen molar-refractivity contribution in [2.75, 3.05) is 48.8 Å². The maximum Gasteiger partial charge on any atom is 0.313 e. The first-order chi connectivity index (χ1) is 16.3. The van der Waals surface area contributed by atoms with E-state index in [1.54, 1.807) is 31.4 Å². The van der Waals surface area contributed by atoms with Crippen LogP contribution in [0.2, 0.25) is 0 Å². The number of benzene rings is 2. The largest absolute Gasteiger partial charge is 0.496 e. The van der Waals surface area contributed by atoms with E-state index in [0.717, 1.165) is 11.3 Å². The van der Waals surface area contributed by atoms with Gasteiger partial charge in [-0.25, -0.2) is 8.42 Å². The minimum atomic E-state index is -3.28. The van der Waals surface area contributed by atoms with E-state index >= 15 is 0 Å². The van der Waals surface area contributed by atoms with Crippen LogP contribution in [-0.2, 0) is 29.8 Å². The van der Waals surface area contributed by atoms with Gasteiger partial charge < -0.3 is 20.1 Å². The molecular weight excluding hydrogens is 458 g/mol. The monoisotopic (exact) mass is 487 g/mol. The number of hydrogen-bond acceptors (Lipinski definition) is 6. The molecule has 0 saturated carbocycles. The summed E-state index contributed by atoms with van der Waals surface area (Å²) in [5.41, 5.74) is 1.53. The number of sulfonamides is 1. The maximum atomic E-state index is 12.6. The van der Waals surface area contributed by atoms with Gasteiger partial charge in [0.05, 0.1) is 18.6 Å². The third-order valence-electron chi connectivity index (χ3n) is 6.43. The molecule has 4 rings (SSSR count). The molecule has 0 atom stereocenters. The quantitative estimate of drug-likeness (QED) is 0.603. The van der Waals surface area contributed by atoms with E-state index in [9.17, 15) is 18.0 Å². The van der Waals surface area contributed by atoms with Gasteiger partial charge in [0.25, 0.3) is 0 Å². The Kier molecular flexibility index (Phi) is 7.08. The number of amides is 2. The summed E-state index contributed by atoms with van der Waals surface area (Å²) >= 11 is 0. The molecule has 0 aromatic heterocycles. The number of nitrogens with one attached hydrogen (secondary N) is 2. The Balaban J connectivity index is 1.40. The lowest BCUT2D eigenvalue weighted by Crippen LogP contribution is -2.47. The van der Waals surface area contributed by atoms with E-state index in [2.05, 4.69) is 10.6 Å². The molecule has 2 heterocycles. The van der Waals surface area contributed by atoms with Crippen molar-refractivity contribution in [3.05, 3.63) is 54.1 Å². The lowest BCUT2D eigenvalue weighted by Gasteiger charge is -2.38. The molecule has 0 bridgehead atoms. The van der Waals surface area contributed by atoms with Gasteiger partial charge in [-0.2, -0.15) is 0 Å². The molecule has 0 aliphatic carbocycles. The minimum Gasteiger partial charge on any atom is -0.496 e. The minimum absolute atomic E-state index is 0.133. The number of rotatable bonds is 6. The van der Waals surface area contributed by atoms with Crippen LogP contribution in [0, 0.1) is 0 Å². The van der Waals surface area contributed by atoms with Crippen LogP contribution >= 0.6 is 0 Å². The zero-order valence-corrected chi connectivity index (χ0v) is 19.9. The number of ether oxygens (including phenoxy) is 2. The van der Waals surface area contributed by atoms with Crippen molar-refractivity contribution in [1.82, 2.24) is 5.32 Å². The molecule has 9 nitrogen and oxygen atoms in total. The van der Waals surface area contributed by atoms with E-state index in [1.165, 1.54) is 4.31 Å². The molecule has 2 aromatic rings. The van der Waals surface area contributed by atoms with Gasteiger partial charge in [-0.15, -0.1) is 0 Å². The Hall–Kier alpha value is -3.11. The van der Waals surface area contributed by atoms with Crippen LogP contribution in [0.4, 0.5) is 11.4 Å². The topological polar surface area (TPSA) is 114 Å². The standard InChI is InChI=1S/C24H29N3O6S/c1-32-21-6-3-2-5-20(21)24(11-14-33-15-12-24)17-25-22(28)23(29)26-18-7-9-19(10-8-18)27-13-4-16-34(27,30)31/h2-3,5-10H,4,11-17H2,1H3,(H,25,28)(H,26,29). The molecule has 2 saturated heterocycles. The van der Waals surface area contributed by atoms with Gasteiger partial charge in [0.1, 0.15) is 5.75 Å². The van der Waals surface area contributed by atoms with Gasteiger partial charge in [-0.3, -0.25) is 13.9 Å². The normalized spacial score (nSPS) is 18.8. The van der Waals surface area contributed by atoms with Gasteiger partial charge in [0.2, 0.25) is 10.0 Å². The molecule has 10 heteroatoms. The number of nitrogens with zero attached hydrogens (tertiary/aromatic N) is 1. The molecule has 2 aromatic carbocycles. The van der Waals surface area contributed by atoms with E-state index in [4.69, 9.17) is 9.47 Å². The first-order valence-corrected chi connectivity index (χ1v) is 12.9. The van der Waals surface area contributed by atoms with E-state index in [-0.39, 0.29) is 12.3 Å². The number of carbonyl (C=O) groups excluding carboxylic acids is 2. The predicted molar refractivity (Wildman–Crippen MR) is 129 cm³/mol. The SMILES string of the molecule is COc1ccccc1C1(CNC(=O)C(=O)Nc2ccc(N3CCCS3(=O)=O)cc2)CCOCC1. The van der Waals surface area contributed by atoms with Crippen molar-refractivity contribution in [3.8, 4) is 5.75 Å². The van der Waals surface area contributed by atoms with Crippen molar-refractivity contribution in [1.29, 1.82) is 0 Å². The Morgan fingerprint density at radius 3 is 2.41 bits per heavy atom. The van der Waals surface area contributed by atoms with E-state index in [1.807, 2.05) is 24.3 Å². The lowest BCUT2D eigenvalue weighted by molar-refractivity contribution is -0.136. The molecule has 34 heavy (non-hydrogen) atoms. The molecule has 182 valence electrons. The second-order valence-electron chi connectivity index (χ2n) is 8.52. The molecule has 2 fully saturated rings. The summed E-state index contributed by atoms with van der Waals surface area (Å²) in [7, 11) is -1.66. The Bertz CT molecular complexity index is 1140. The van der Waals surface area contributed by atoms with E-state index < -0.39 is 27.3 Å². The molecule has 0 unspecified atom stereocenters. The number of para-hydroxylation sites is 1. The highest BCUT2D eigenvalue weighted by Crippen LogP contribution is 2.39. The molecular formula is C24H29N3O6S. The van der Waals surface area contributed by atoms with Crippen molar-refractivity contribution in [2.45, 2.75) is 24.7 Å². The third-order valence-corrected chi connectivity index (χ3v) is 8.30. The average Bonchev–Trinajstić information content (AvgIpc) is 3.22. The fourth-order valence-electron chi connectivity index (χ4n) is 4.54. The van der Waals surface area contributed by atoms with Crippen LogP contribution in [-0.4, -0.2) is 59.4 Å². The second kappa shape index (κ2) is 10.0. The highest BCUT2D eigenvalue weighted by molar-refractivity contribution is 7.93. The van der Waals surface area contributed by atoms with Gasteiger partial charge in [-0.1, -0.05) is 18.2 Å². The first-order valence-electron chi connectivity index (χ1n) is 11.3. The first kappa shape index (κ1) is 24.0. The maximum absolute atomic E-state index is 12.6. The molecule has 2 aliphatic rings. The Morgan fingerprint density at radius 1 is 1.06 bits per heavy atom. The predicted octanol–water partition coefficient (Wildman–Crippen LogP) is 2.04. The highest BCUT2D eigenvalue weighted by atomic mass is 32.2. The van der Waals surface area contributed by atoms with Crippen LogP contribution < -0.4 is 19.7 Å². The third kappa shape index (κ3) is 5.02. The lowest BCUT2D eigenvalue weighted by atomic mass is 9.73. The van der Waals surface area contributed by atoms with Crippen LogP contribution in [0.1, 0.15) is 24.8 Å². The number of methoxy groups -OCH3 is 1. The summed E-state index contributed by atoms with van der Waals surface area (Å²) in [4.78, 5) is 25.1. The second-order valence-corrected chi connectivity index (χ2v) is 10.5. The highest BCUT2D eigenvalue weighted by Gasteiger charge is 2.37. The van der Waals surface area contributed by atoms with Crippen molar-refractivity contribution in [3.63, 3.8) is 0 Å². The summed E-state index contributed by atoms with van der Waals surface area (Å²) in [6.07, 6.45) is 1.97. The van der Waals surface area contributed by atoms with E-state index in [0.29, 0.717) is 50.4 Å². The van der Waals surface area contributed by atoms with Gasteiger partial charge >= 0.3 is 11.8 Å². The Morgan fingerprint density at radius 2 is 1.76 bits per heavy atom. The fourth-order valence-corrected chi connectivity index (χ4v) is 6.11. The van der Waals surface area contributed by atoms with Crippen LogP contribution in [0.25, 0.3) is 0 Å². The molecule has 2 N–H and O–H groups in total. The van der Waals surface area contributed by atoms with Gasteiger partial charge in [0.15, 0.2) is 0 Å². The molecule has 2 aliphatic heterocycles. The molecule has 0 radical (unpaired) electrons. The van der Waals surface area contributed by atoms with Gasteiger partial charge in [0, 0.05) is 43.0 Å². The average molecular weight is 488 g/mol. The summed E-state index contributed by atoms with van der Waals surface area (Å²) in [6, 6.07) is 14.1. The smallest absolute Gasteiger partial charge is 0.313 e. The number of hydrogen-bond donors (Lipinski definition) is 2. The van der Waals surface area contributed by atoms with Gasteiger partial charge in [-0.05, 0) is 49.6 Å². The fraction of sp³-hybridized carbons (Fsp3) is 0.417. The summed E-state index contributed by atoms with van der Waals surface area (Å²) in [5, 5.41) is 5.35. The zero-order valence-electron chi connectivity index (χ0n) is 19.1. The Labute approximate surface area is 199 Å². The summed E-state index contributed by atoms with van der Waals surface area (Å²) < 4.78 is 36.6. The van der Waals surface area contributed by atoms with Crippen molar-refractivity contribution >= 4 is 33.2 Å². The van der Waals surface area contributed by atoms with Crippen molar-refractivity contribution < 1.29 is 27.5 Å². The van der Waals surface area contributed by atoms with Crippen molar-refractivity contribution in [2.24, 2.45) is 0 Å². The zero-order chi connectivity index (χ0) is 24.2.